The van der Waals surface area contributed by atoms with Crippen molar-refractivity contribution in [3.8, 4) is 0 Å². The molecule has 0 radical (unpaired) electrons. The van der Waals surface area contributed by atoms with Crippen LogP contribution < -0.4 is 5.32 Å². The van der Waals surface area contributed by atoms with E-state index in [2.05, 4.69) is 15.0 Å². The molecule has 0 spiro atoms. The third-order valence-electron chi connectivity index (χ3n) is 2.86. The molecule has 0 aromatic rings. The molecule has 0 aliphatic carbocycles. The second kappa shape index (κ2) is 8.71. The first-order valence-corrected chi connectivity index (χ1v) is 6.46. The number of likely N-dealkylation sites (tertiary alicyclic amines) is 1. The second-order valence-corrected chi connectivity index (χ2v) is 4.28. The maximum absolute atomic E-state index is 11.0. The molecule has 1 rings (SSSR count). The highest BCUT2D eigenvalue weighted by Crippen LogP contribution is 2.08. The Morgan fingerprint density at radius 3 is 2.89 bits per heavy atom. The van der Waals surface area contributed by atoms with Gasteiger partial charge in [-0.15, -0.1) is 0 Å². The summed E-state index contributed by atoms with van der Waals surface area (Å²) < 4.78 is 14.5. The Kier molecular flexibility index (Phi) is 7.20. The van der Waals surface area contributed by atoms with Crippen molar-refractivity contribution >= 4 is 12.1 Å². The van der Waals surface area contributed by atoms with Gasteiger partial charge >= 0.3 is 12.1 Å². The summed E-state index contributed by atoms with van der Waals surface area (Å²) >= 11 is 0. The summed E-state index contributed by atoms with van der Waals surface area (Å²) in [5.74, 6) is -0.339. The number of esters is 1. The summed E-state index contributed by atoms with van der Waals surface area (Å²) in [6.45, 7) is 5.01. The molecule has 1 aliphatic heterocycles. The smallest absolute Gasteiger partial charge is 0.407 e. The monoisotopic (exact) mass is 274 g/mol. The number of amides is 1. The lowest BCUT2D eigenvalue weighted by Crippen LogP contribution is -2.37. The molecule has 0 saturated carbocycles. The molecule has 0 aromatic heterocycles. The predicted molar refractivity (Wildman–Crippen MR) is 67.8 cm³/mol. The van der Waals surface area contributed by atoms with Crippen molar-refractivity contribution in [2.45, 2.75) is 19.4 Å². The minimum atomic E-state index is -0.398. The Bertz CT molecular complexity index is 298. The number of ether oxygens (including phenoxy) is 3. The quantitative estimate of drug-likeness (QED) is 0.520. The predicted octanol–water partition coefficient (Wildman–Crippen LogP) is -0.00360. The van der Waals surface area contributed by atoms with Crippen molar-refractivity contribution in [3.63, 3.8) is 0 Å². The van der Waals surface area contributed by atoms with Crippen LogP contribution in [0.4, 0.5) is 4.79 Å². The van der Waals surface area contributed by atoms with E-state index in [1.165, 1.54) is 7.11 Å². The topological polar surface area (TPSA) is 77.1 Å². The molecule has 1 amide bonds. The summed E-state index contributed by atoms with van der Waals surface area (Å²) in [6, 6.07) is 0.123. The number of carbonyl (C=O) groups excluding carboxylic acids is 2. The molecule has 7 heteroatoms. The molecule has 1 unspecified atom stereocenters. The minimum Gasteiger partial charge on any atom is -0.464 e. The highest BCUT2D eigenvalue weighted by molar-refractivity contribution is 5.70. The van der Waals surface area contributed by atoms with Gasteiger partial charge in [0.25, 0.3) is 0 Å². The fourth-order valence-electron chi connectivity index (χ4n) is 1.93. The van der Waals surface area contributed by atoms with Crippen molar-refractivity contribution in [2.75, 3.05) is 46.6 Å². The molecular formula is C12H22N2O5. The summed E-state index contributed by atoms with van der Waals surface area (Å²) in [6.07, 6.45) is 0.498. The van der Waals surface area contributed by atoms with Crippen LogP contribution in [0.15, 0.2) is 0 Å². The van der Waals surface area contributed by atoms with E-state index in [1.54, 1.807) is 6.92 Å². The molecule has 7 nitrogen and oxygen atoms in total. The van der Waals surface area contributed by atoms with Crippen molar-refractivity contribution in [3.05, 3.63) is 0 Å². The molecular weight excluding hydrogens is 252 g/mol. The number of hydrogen-bond donors (Lipinski definition) is 1. The number of nitrogens with zero attached hydrogens (tertiary/aromatic N) is 1. The number of methoxy groups -OCH3 is 1. The van der Waals surface area contributed by atoms with Gasteiger partial charge in [-0.2, -0.15) is 0 Å². The first kappa shape index (κ1) is 15.7. The molecule has 110 valence electrons. The van der Waals surface area contributed by atoms with E-state index in [0.717, 1.165) is 26.1 Å². The van der Waals surface area contributed by atoms with E-state index in [4.69, 9.17) is 9.47 Å². The first-order valence-electron chi connectivity index (χ1n) is 6.46. The van der Waals surface area contributed by atoms with Gasteiger partial charge in [0.2, 0.25) is 0 Å². The molecule has 1 N–H and O–H groups in total. The Balaban J connectivity index is 2.05. The highest BCUT2D eigenvalue weighted by Gasteiger charge is 2.23. The van der Waals surface area contributed by atoms with Crippen LogP contribution in [-0.4, -0.2) is 69.6 Å². The minimum absolute atomic E-state index is 0.00841. The first-order chi connectivity index (χ1) is 9.15. The molecule has 1 fully saturated rings. The lowest BCUT2D eigenvalue weighted by atomic mass is 10.3. The van der Waals surface area contributed by atoms with Crippen LogP contribution in [0.5, 0.6) is 0 Å². The van der Waals surface area contributed by atoms with Gasteiger partial charge in [0.15, 0.2) is 0 Å². The fraction of sp³-hybridized carbons (Fsp3) is 0.833. The van der Waals surface area contributed by atoms with Crippen LogP contribution in [0.25, 0.3) is 0 Å². The fourth-order valence-corrected chi connectivity index (χ4v) is 1.93. The van der Waals surface area contributed by atoms with Gasteiger partial charge in [0.1, 0.15) is 6.61 Å². The van der Waals surface area contributed by atoms with Gasteiger partial charge in [-0.1, -0.05) is 0 Å². The molecule has 1 saturated heterocycles. The highest BCUT2D eigenvalue weighted by atomic mass is 16.6. The number of alkyl carbamates (subject to hydrolysis) is 1. The van der Waals surface area contributed by atoms with Crippen molar-refractivity contribution in [2.24, 2.45) is 0 Å². The van der Waals surface area contributed by atoms with Crippen molar-refractivity contribution in [1.29, 1.82) is 0 Å². The van der Waals surface area contributed by atoms with Crippen LogP contribution in [0.2, 0.25) is 0 Å². The SMILES string of the molecule is CCOC(=O)COCCN1CCC(NC(=O)OC)C1. The van der Waals surface area contributed by atoms with E-state index in [9.17, 15) is 9.59 Å². The van der Waals surface area contributed by atoms with E-state index in [1.807, 2.05) is 0 Å². The summed E-state index contributed by atoms with van der Waals surface area (Å²) in [5.41, 5.74) is 0. The second-order valence-electron chi connectivity index (χ2n) is 4.28. The third kappa shape index (κ3) is 6.40. The molecule has 19 heavy (non-hydrogen) atoms. The Hall–Kier alpha value is -1.34. The van der Waals surface area contributed by atoms with Gasteiger partial charge < -0.3 is 19.5 Å². The lowest BCUT2D eigenvalue weighted by molar-refractivity contribution is -0.148. The van der Waals surface area contributed by atoms with Gasteiger partial charge in [0.05, 0.1) is 20.3 Å². The molecule has 1 aliphatic rings. The van der Waals surface area contributed by atoms with E-state index in [-0.39, 0.29) is 18.6 Å². The largest absolute Gasteiger partial charge is 0.464 e. The number of hydrogen-bond acceptors (Lipinski definition) is 6. The van der Waals surface area contributed by atoms with Gasteiger partial charge in [-0.25, -0.2) is 9.59 Å². The number of carbonyl (C=O) groups is 2. The average Bonchev–Trinajstić information content (AvgIpc) is 2.82. The Morgan fingerprint density at radius 2 is 2.21 bits per heavy atom. The zero-order chi connectivity index (χ0) is 14.1. The summed E-state index contributed by atoms with van der Waals surface area (Å²) in [7, 11) is 1.35. The Labute approximate surface area is 113 Å². The summed E-state index contributed by atoms with van der Waals surface area (Å²) in [4.78, 5) is 24.2. The zero-order valence-corrected chi connectivity index (χ0v) is 11.5. The maximum atomic E-state index is 11.0. The number of nitrogens with one attached hydrogen (secondary N) is 1. The average molecular weight is 274 g/mol. The van der Waals surface area contributed by atoms with Gasteiger partial charge in [-0.05, 0) is 13.3 Å². The van der Waals surface area contributed by atoms with E-state index < -0.39 is 6.09 Å². The molecule has 0 aromatic carbocycles. The maximum Gasteiger partial charge on any atom is 0.407 e. The van der Waals surface area contributed by atoms with Gasteiger partial charge in [-0.3, -0.25) is 4.90 Å². The van der Waals surface area contributed by atoms with Crippen LogP contribution in [0.1, 0.15) is 13.3 Å². The molecule has 1 heterocycles. The van der Waals surface area contributed by atoms with Crippen LogP contribution >= 0.6 is 0 Å². The standard InChI is InChI=1S/C12H22N2O5/c1-3-19-11(15)9-18-7-6-14-5-4-10(8-14)13-12(16)17-2/h10H,3-9H2,1-2H3,(H,13,16). The Morgan fingerprint density at radius 1 is 1.42 bits per heavy atom. The van der Waals surface area contributed by atoms with E-state index >= 15 is 0 Å². The molecule has 1 atom stereocenters. The summed E-state index contributed by atoms with van der Waals surface area (Å²) in [5, 5.41) is 2.77. The van der Waals surface area contributed by atoms with E-state index in [0.29, 0.717) is 13.2 Å². The third-order valence-corrected chi connectivity index (χ3v) is 2.86. The number of rotatable bonds is 7. The molecule has 0 bridgehead atoms. The van der Waals surface area contributed by atoms with Crippen LogP contribution in [-0.2, 0) is 19.0 Å². The van der Waals surface area contributed by atoms with Gasteiger partial charge in [0, 0.05) is 25.7 Å². The van der Waals surface area contributed by atoms with Crippen molar-refractivity contribution < 1.29 is 23.8 Å². The lowest BCUT2D eigenvalue weighted by Gasteiger charge is -2.16. The normalized spacial score (nSPS) is 19.2. The van der Waals surface area contributed by atoms with Crippen LogP contribution in [0, 0.1) is 0 Å². The zero-order valence-electron chi connectivity index (χ0n) is 11.5. The van der Waals surface area contributed by atoms with Crippen molar-refractivity contribution in [1.82, 2.24) is 10.2 Å². The van der Waals surface area contributed by atoms with Crippen LogP contribution in [0.3, 0.4) is 0 Å².